The van der Waals surface area contributed by atoms with Gasteiger partial charge in [0, 0.05) is 22.8 Å². The second-order valence-electron chi connectivity index (χ2n) is 6.97. The molecule has 3 N–H and O–H groups in total. The van der Waals surface area contributed by atoms with Gasteiger partial charge in [-0.1, -0.05) is 24.3 Å². The van der Waals surface area contributed by atoms with Crippen LogP contribution in [-0.2, 0) is 0 Å². The Kier molecular flexibility index (Phi) is 5.81. The highest BCUT2D eigenvalue weighted by Gasteiger charge is 2.19. The van der Waals surface area contributed by atoms with Gasteiger partial charge in [-0.15, -0.1) is 0 Å². The van der Waals surface area contributed by atoms with Gasteiger partial charge >= 0.3 is 6.03 Å². The minimum Gasteiger partial charge on any atom is -0.495 e. The number of anilines is 2. The molecule has 2 amide bonds. The molecular weight excluding hydrogens is 394 g/mol. The Hall–Kier alpha value is -3.91. The first-order valence-corrected chi connectivity index (χ1v) is 9.84. The third kappa shape index (κ3) is 4.06. The van der Waals surface area contributed by atoms with Crippen LogP contribution >= 0.6 is 0 Å². The number of H-pyrrole nitrogens is 1. The molecule has 0 fully saturated rings. The number of aromatic nitrogens is 3. The van der Waals surface area contributed by atoms with Gasteiger partial charge in [0.1, 0.15) is 17.7 Å². The first-order chi connectivity index (χ1) is 15.1. The average molecular weight is 417 g/mol. The number of hydrogen-bond donors (Lipinski definition) is 3. The minimum atomic E-state index is -0.364. The number of para-hydroxylation sites is 2. The quantitative estimate of drug-likeness (QED) is 0.440. The maximum Gasteiger partial charge on any atom is 0.326 e. The maximum atomic E-state index is 12.9. The highest BCUT2D eigenvalue weighted by molar-refractivity contribution is 6.03. The van der Waals surface area contributed by atoms with Crippen molar-refractivity contribution < 1.29 is 14.6 Å². The average Bonchev–Trinajstić information content (AvgIpc) is 3.19. The number of ether oxygens (including phenoxy) is 1. The zero-order valence-electron chi connectivity index (χ0n) is 17.3. The number of urea groups is 1. The summed E-state index contributed by atoms with van der Waals surface area (Å²) >= 11 is 0. The Morgan fingerprint density at radius 1 is 1.16 bits per heavy atom. The zero-order chi connectivity index (χ0) is 21.8. The molecule has 4 rings (SSSR count). The van der Waals surface area contributed by atoms with Crippen molar-refractivity contribution in [3.8, 4) is 17.0 Å². The molecule has 4 aromatic rings. The van der Waals surface area contributed by atoms with Gasteiger partial charge in [0.15, 0.2) is 0 Å². The van der Waals surface area contributed by atoms with Crippen LogP contribution in [0.2, 0.25) is 0 Å². The predicted molar refractivity (Wildman–Crippen MR) is 121 cm³/mol. The molecule has 2 aromatic heterocycles. The Morgan fingerprint density at radius 3 is 2.68 bits per heavy atom. The molecule has 0 aliphatic rings. The summed E-state index contributed by atoms with van der Waals surface area (Å²) in [6, 6.07) is 14.3. The van der Waals surface area contributed by atoms with Crippen LogP contribution < -0.4 is 15.0 Å². The van der Waals surface area contributed by atoms with E-state index in [1.165, 1.54) is 11.2 Å². The third-order valence-corrected chi connectivity index (χ3v) is 5.02. The molecule has 0 bridgehead atoms. The molecular formula is C23H23N5O3. The Bertz CT molecular complexity index is 1200. The normalized spacial score (nSPS) is 10.8. The second kappa shape index (κ2) is 8.85. The predicted octanol–water partition coefficient (Wildman–Crippen LogP) is 3.97. The number of nitrogens with one attached hydrogen (secondary N) is 2. The van der Waals surface area contributed by atoms with Crippen molar-refractivity contribution in [2.24, 2.45) is 0 Å². The molecule has 0 aliphatic heterocycles. The van der Waals surface area contributed by atoms with Crippen LogP contribution in [0.1, 0.15) is 5.56 Å². The number of benzene rings is 2. The first-order valence-electron chi connectivity index (χ1n) is 9.84. The number of aliphatic hydroxyl groups is 1. The van der Waals surface area contributed by atoms with Crippen LogP contribution in [0.4, 0.5) is 16.2 Å². The summed E-state index contributed by atoms with van der Waals surface area (Å²) in [7, 11) is 1.54. The van der Waals surface area contributed by atoms with Crippen molar-refractivity contribution in [1.82, 2.24) is 15.0 Å². The molecule has 8 nitrogen and oxygen atoms in total. The van der Waals surface area contributed by atoms with Gasteiger partial charge in [0.25, 0.3) is 0 Å². The Morgan fingerprint density at radius 2 is 1.94 bits per heavy atom. The summed E-state index contributed by atoms with van der Waals surface area (Å²) in [5.41, 5.74) is 4.82. The lowest BCUT2D eigenvalue weighted by Crippen LogP contribution is -2.37. The molecule has 2 heterocycles. The smallest absolute Gasteiger partial charge is 0.326 e. The third-order valence-electron chi connectivity index (χ3n) is 5.02. The van der Waals surface area contributed by atoms with E-state index in [-0.39, 0.29) is 19.2 Å². The number of carbonyl (C=O) groups excluding carboxylic acids is 1. The molecule has 2 aromatic carbocycles. The number of hydrogen-bond acceptors (Lipinski definition) is 5. The van der Waals surface area contributed by atoms with E-state index < -0.39 is 0 Å². The summed E-state index contributed by atoms with van der Waals surface area (Å²) in [5.74, 6) is 0.552. The van der Waals surface area contributed by atoms with Crippen molar-refractivity contribution in [3.63, 3.8) is 0 Å². The molecule has 0 saturated heterocycles. The summed E-state index contributed by atoms with van der Waals surface area (Å²) in [5, 5.41) is 13.3. The van der Waals surface area contributed by atoms with Crippen LogP contribution in [0, 0.1) is 6.92 Å². The lowest BCUT2D eigenvalue weighted by Gasteiger charge is -2.24. The van der Waals surface area contributed by atoms with Crippen LogP contribution in [0.3, 0.4) is 0 Å². The van der Waals surface area contributed by atoms with E-state index in [0.717, 1.165) is 27.9 Å². The highest BCUT2D eigenvalue weighted by Crippen LogP contribution is 2.30. The van der Waals surface area contributed by atoms with Crippen molar-refractivity contribution in [2.45, 2.75) is 6.92 Å². The van der Waals surface area contributed by atoms with Gasteiger partial charge in [0.05, 0.1) is 31.6 Å². The van der Waals surface area contributed by atoms with Crippen molar-refractivity contribution in [1.29, 1.82) is 0 Å². The molecule has 0 radical (unpaired) electrons. The van der Waals surface area contributed by atoms with Gasteiger partial charge in [0.2, 0.25) is 0 Å². The lowest BCUT2D eigenvalue weighted by molar-refractivity contribution is 0.251. The minimum absolute atomic E-state index is 0.135. The maximum absolute atomic E-state index is 12.9. The summed E-state index contributed by atoms with van der Waals surface area (Å²) < 4.78 is 5.36. The van der Waals surface area contributed by atoms with Gasteiger partial charge in [-0.25, -0.2) is 14.8 Å². The molecule has 0 spiro atoms. The number of nitrogens with zero attached hydrogens (tertiary/aromatic N) is 3. The van der Waals surface area contributed by atoms with E-state index in [1.54, 1.807) is 19.2 Å². The lowest BCUT2D eigenvalue weighted by atomic mass is 10.1. The molecule has 158 valence electrons. The largest absolute Gasteiger partial charge is 0.495 e. The van der Waals surface area contributed by atoms with E-state index in [9.17, 15) is 9.90 Å². The van der Waals surface area contributed by atoms with E-state index in [4.69, 9.17) is 4.74 Å². The first kappa shape index (κ1) is 20.4. The van der Waals surface area contributed by atoms with Gasteiger partial charge in [-0.2, -0.15) is 0 Å². The Balaban J connectivity index is 1.58. The van der Waals surface area contributed by atoms with Gasteiger partial charge < -0.3 is 20.1 Å². The van der Waals surface area contributed by atoms with E-state index in [2.05, 4.69) is 20.3 Å². The number of rotatable bonds is 6. The number of aromatic amines is 1. The van der Waals surface area contributed by atoms with Gasteiger partial charge in [-0.3, -0.25) is 4.90 Å². The number of aryl methyl sites for hydroxylation is 1. The van der Waals surface area contributed by atoms with Crippen LogP contribution in [-0.4, -0.2) is 46.4 Å². The summed E-state index contributed by atoms with van der Waals surface area (Å²) in [6.07, 6.45) is 3.44. The van der Waals surface area contributed by atoms with Gasteiger partial charge in [-0.05, 0) is 36.8 Å². The fourth-order valence-corrected chi connectivity index (χ4v) is 3.52. The zero-order valence-corrected chi connectivity index (χ0v) is 17.3. The number of amides is 2. The molecule has 0 atom stereocenters. The van der Waals surface area contributed by atoms with Crippen LogP contribution in [0.5, 0.6) is 5.75 Å². The standard InChI is InChI=1S/C23H23N5O3/c1-15-13-24-22-20(15)21(25-14-26-22)16-7-9-17(10-8-16)27-23(30)28(11-12-29)18-5-3-4-6-19(18)31-2/h3-10,13-14,29H,11-12H2,1-2H3,(H,27,30)(H,24,25,26). The topological polar surface area (TPSA) is 103 Å². The molecule has 0 saturated carbocycles. The molecule has 8 heteroatoms. The SMILES string of the molecule is COc1ccccc1N(CCO)C(=O)Nc1ccc(-c2ncnc3[nH]cc(C)c23)cc1. The van der Waals surface area contributed by atoms with Crippen LogP contribution in [0.25, 0.3) is 22.3 Å². The molecule has 0 aliphatic carbocycles. The van der Waals surface area contributed by atoms with Crippen molar-refractivity contribution >= 4 is 28.4 Å². The number of methoxy groups -OCH3 is 1. The van der Waals surface area contributed by atoms with E-state index in [1.807, 2.05) is 49.5 Å². The van der Waals surface area contributed by atoms with Crippen molar-refractivity contribution in [2.75, 3.05) is 30.5 Å². The fraction of sp³-hybridized carbons (Fsp3) is 0.174. The molecule has 0 unspecified atom stereocenters. The fourth-order valence-electron chi connectivity index (χ4n) is 3.52. The van der Waals surface area contributed by atoms with Crippen LogP contribution in [0.15, 0.2) is 61.1 Å². The van der Waals surface area contributed by atoms with E-state index >= 15 is 0 Å². The Labute approximate surface area is 179 Å². The monoisotopic (exact) mass is 417 g/mol. The molecule has 31 heavy (non-hydrogen) atoms. The highest BCUT2D eigenvalue weighted by atomic mass is 16.5. The summed E-state index contributed by atoms with van der Waals surface area (Å²) in [4.78, 5) is 26.2. The summed E-state index contributed by atoms with van der Waals surface area (Å²) in [6.45, 7) is 1.97. The van der Waals surface area contributed by atoms with E-state index in [0.29, 0.717) is 17.1 Å². The van der Waals surface area contributed by atoms with Crippen molar-refractivity contribution in [3.05, 3.63) is 66.6 Å². The second-order valence-corrected chi connectivity index (χ2v) is 6.97. The number of aliphatic hydroxyl groups excluding tert-OH is 1. The number of carbonyl (C=O) groups is 1. The number of fused-ring (bicyclic) bond motifs is 1.